The molecule has 2 aromatic rings. The van der Waals surface area contributed by atoms with Crippen LogP contribution in [0.25, 0.3) is 0 Å². The van der Waals surface area contributed by atoms with Crippen LogP contribution >= 0.6 is 15.9 Å². The van der Waals surface area contributed by atoms with Gasteiger partial charge in [-0.05, 0) is 49.4 Å². The smallest absolute Gasteiger partial charge is 0.240 e. The molecule has 2 N–H and O–H groups in total. The van der Waals surface area contributed by atoms with E-state index in [0.717, 1.165) is 21.3 Å². The Kier molecular flexibility index (Phi) is 5.03. The molecular formula is C15H17BrN2O2S. The van der Waals surface area contributed by atoms with E-state index < -0.39 is 10.0 Å². The molecule has 0 bridgehead atoms. The fraction of sp³-hybridized carbons (Fsp3) is 0.200. The molecule has 0 aliphatic rings. The second-order valence-corrected chi connectivity index (χ2v) is 7.44. The number of halogens is 1. The molecule has 0 aliphatic carbocycles. The Morgan fingerprint density at radius 3 is 2.57 bits per heavy atom. The number of anilines is 1. The van der Waals surface area contributed by atoms with Gasteiger partial charge in [-0.25, -0.2) is 13.1 Å². The average molecular weight is 369 g/mol. The Bertz CT molecular complexity index is 745. The first-order chi connectivity index (χ1) is 9.92. The topological polar surface area (TPSA) is 58.2 Å². The number of sulfonamides is 1. The van der Waals surface area contributed by atoms with Crippen molar-refractivity contribution in [2.45, 2.75) is 18.4 Å². The van der Waals surface area contributed by atoms with Crippen LogP contribution in [0.4, 0.5) is 5.69 Å². The summed E-state index contributed by atoms with van der Waals surface area (Å²) in [5, 5.41) is 3.24. The Balaban J connectivity index is 2.20. The normalized spacial score (nSPS) is 11.4. The minimum atomic E-state index is -3.44. The van der Waals surface area contributed by atoms with Crippen LogP contribution in [0.15, 0.2) is 51.8 Å². The van der Waals surface area contributed by atoms with E-state index in [1.54, 1.807) is 19.1 Å². The molecule has 112 valence electrons. The summed E-state index contributed by atoms with van der Waals surface area (Å²) in [5.41, 5.74) is 2.61. The van der Waals surface area contributed by atoms with Gasteiger partial charge in [0.05, 0.1) is 4.90 Å². The highest BCUT2D eigenvalue weighted by Gasteiger charge is 2.14. The molecule has 0 atom stereocenters. The van der Waals surface area contributed by atoms with Crippen molar-refractivity contribution in [3.05, 3.63) is 58.1 Å². The van der Waals surface area contributed by atoms with Gasteiger partial charge in [0.2, 0.25) is 10.0 Å². The van der Waals surface area contributed by atoms with Crippen molar-refractivity contribution >= 4 is 31.6 Å². The van der Waals surface area contributed by atoms with Gasteiger partial charge in [0, 0.05) is 16.7 Å². The standard InChI is InChI=1S/C15H17BrN2O2S/c1-11-6-7-14(9-15(11)21(19,20)17-2)18-10-12-4-3-5-13(16)8-12/h3-9,17-18H,10H2,1-2H3. The molecule has 0 fully saturated rings. The molecule has 2 aromatic carbocycles. The highest BCUT2D eigenvalue weighted by molar-refractivity contribution is 9.10. The lowest BCUT2D eigenvalue weighted by Crippen LogP contribution is -2.19. The van der Waals surface area contributed by atoms with E-state index >= 15 is 0 Å². The zero-order valence-electron chi connectivity index (χ0n) is 11.9. The summed E-state index contributed by atoms with van der Waals surface area (Å²) in [7, 11) is -2.03. The van der Waals surface area contributed by atoms with E-state index in [-0.39, 0.29) is 0 Å². The fourth-order valence-corrected chi connectivity index (χ4v) is 3.40. The third-order valence-corrected chi connectivity index (χ3v) is 5.18. The number of hydrogen-bond acceptors (Lipinski definition) is 3. The van der Waals surface area contributed by atoms with Crippen molar-refractivity contribution in [1.82, 2.24) is 4.72 Å². The predicted octanol–water partition coefficient (Wildman–Crippen LogP) is 3.28. The predicted molar refractivity (Wildman–Crippen MR) is 88.9 cm³/mol. The van der Waals surface area contributed by atoms with Crippen molar-refractivity contribution in [3.63, 3.8) is 0 Å². The lowest BCUT2D eigenvalue weighted by molar-refractivity contribution is 0.587. The molecule has 4 nitrogen and oxygen atoms in total. The Morgan fingerprint density at radius 1 is 1.14 bits per heavy atom. The molecule has 0 aliphatic heterocycles. The van der Waals surface area contributed by atoms with Gasteiger partial charge in [-0.15, -0.1) is 0 Å². The number of aryl methyl sites for hydroxylation is 1. The first-order valence-electron chi connectivity index (χ1n) is 6.45. The van der Waals surface area contributed by atoms with Crippen molar-refractivity contribution in [2.75, 3.05) is 12.4 Å². The summed E-state index contributed by atoms with van der Waals surface area (Å²) >= 11 is 3.43. The first-order valence-corrected chi connectivity index (χ1v) is 8.72. The van der Waals surface area contributed by atoms with Gasteiger partial charge in [-0.3, -0.25) is 0 Å². The summed E-state index contributed by atoms with van der Waals surface area (Å²) < 4.78 is 27.3. The van der Waals surface area contributed by atoms with Gasteiger partial charge >= 0.3 is 0 Å². The number of rotatable bonds is 5. The molecule has 6 heteroatoms. The maximum Gasteiger partial charge on any atom is 0.240 e. The summed E-state index contributed by atoms with van der Waals surface area (Å²) in [5.74, 6) is 0. The molecule has 0 amide bonds. The van der Waals surface area contributed by atoms with Gasteiger partial charge < -0.3 is 5.32 Å². The van der Waals surface area contributed by atoms with Crippen molar-refractivity contribution in [1.29, 1.82) is 0 Å². The fourth-order valence-electron chi connectivity index (χ4n) is 1.96. The van der Waals surface area contributed by atoms with E-state index in [2.05, 4.69) is 26.0 Å². The van der Waals surface area contributed by atoms with Crippen LogP contribution in [0.1, 0.15) is 11.1 Å². The van der Waals surface area contributed by atoms with Crippen LogP contribution in [0.2, 0.25) is 0 Å². The third-order valence-electron chi connectivity index (χ3n) is 3.13. The van der Waals surface area contributed by atoms with E-state index in [4.69, 9.17) is 0 Å². The number of hydrogen-bond donors (Lipinski definition) is 2. The quantitative estimate of drug-likeness (QED) is 0.851. The largest absolute Gasteiger partial charge is 0.381 e. The van der Waals surface area contributed by atoms with Gasteiger partial charge in [-0.1, -0.05) is 34.1 Å². The van der Waals surface area contributed by atoms with Crippen LogP contribution < -0.4 is 10.0 Å². The SMILES string of the molecule is CNS(=O)(=O)c1cc(NCc2cccc(Br)c2)ccc1C. The monoisotopic (exact) mass is 368 g/mol. The average Bonchev–Trinajstić information content (AvgIpc) is 2.46. The Labute approximate surface area is 133 Å². The van der Waals surface area contributed by atoms with E-state index in [1.807, 2.05) is 30.3 Å². The zero-order valence-corrected chi connectivity index (χ0v) is 14.3. The maximum atomic E-state index is 11.9. The van der Waals surface area contributed by atoms with E-state index in [1.165, 1.54) is 7.05 Å². The van der Waals surface area contributed by atoms with Crippen LogP contribution in [0.5, 0.6) is 0 Å². The molecule has 2 rings (SSSR count). The lowest BCUT2D eigenvalue weighted by Gasteiger charge is -2.11. The second kappa shape index (κ2) is 6.60. The van der Waals surface area contributed by atoms with Crippen LogP contribution in [-0.4, -0.2) is 15.5 Å². The minimum absolute atomic E-state index is 0.296. The molecule has 0 unspecified atom stereocenters. The molecule has 0 saturated carbocycles. The van der Waals surface area contributed by atoms with Crippen molar-refractivity contribution in [3.8, 4) is 0 Å². The zero-order chi connectivity index (χ0) is 15.5. The second-order valence-electron chi connectivity index (χ2n) is 4.67. The van der Waals surface area contributed by atoms with Gasteiger partial charge in [0.1, 0.15) is 0 Å². The van der Waals surface area contributed by atoms with E-state index in [0.29, 0.717) is 11.4 Å². The summed E-state index contributed by atoms with van der Waals surface area (Å²) in [6.07, 6.45) is 0. The Hall–Kier alpha value is -1.37. The molecule has 0 aromatic heterocycles. The van der Waals surface area contributed by atoms with Gasteiger partial charge in [-0.2, -0.15) is 0 Å². The Morgan fingerprint density at radius 2 is 1.90 bits per heavy atom. The maximum absolute atomic E-state index is 11.9. The molecular weight excluding hydrogens is 352 g/mol. The number of benzene rings is 2. The van der Waals surface area contributed by atoms with Gasteiger partial charge in [0.15, 0.2) is 0 Å². The molecule has 0 radical (unpaired) electrons. The summed E-state index contributed by atoms with van der Waals surface area (Å²) in [6, 6.07) is 13.3. The molecule has 0 spiro atoms. The molecule has 0 saturated heterocycles. The summed E-state index contributed by atoms with van der Waals surface area (Å²) in [4.78, 5) is 0.296. The number of nitrogens with one attached hydrogen (secondary N) is 2. The highest BCUT2D eigenvalue weighted by atomic mass is 79.9. The van der Waals surface area contributed by atoms with Crippen LogP contribution in [-0.2, 0) is 16.6 Å². The van der Waals surface area contributed by atoms with Gasteiger partial charge in [0.25, 0.3) is 0 Å². The highest BCUT2D eigenvalue weighted by Crippen LogP contribution is 2.21. The minimum Gasteiger partial charge on any atom is -0.381 e. The third kappa shape index (κ3) is 4.06. The van der Waals surface area contributed by atoms with Crippen molar-refractivity contribution in [2.24, 2.45) is 0 Å². The molecule has 0 heterocycles. The van der Waals surface area contributed by atoms with Crippen LogP contribution in [0, 0.1) is 6.92 Å². The first kappa shape index (κ1) is 16.0. The van der Waals surface area contributed by atoms with Crippen molar-refractivity contribution < 1.29 is 8.42 Å². The summed E-state index contributed by atoms with van der Waals surface area (Å²) in [6.45, 7) is 2.41. The van der Waals surface area contributed by atoms with E-state index in [9.17, 15) is 8.42 Å². The molecule has 21 heavy (non-hydrogen) atoms. The van der Waals surface area contributed by atoms with Crippen LogP contribution in [0.3, 0.4) is 0 Å². The lowest BCUT2D eigenvalue weighted by atomic mass is 10.2.